The molecule has 0 aliphatic carbocycles. The molecule has 0 saturated carbocycles. The Bertz CT molecular complexity index is 1570. The minimum absolute atomic E-state index is 0.0553. The molecule has 0 spiro atoms. The Kier molecular flexibility index (Phi) is 6.74. The zero-order chi connectivity index (χ0) is 27.1. The smallest absolute Gasteiger partial charge is 0.271 e. The van der Waals surface area contributed by atoms with Crippen LogP contribution in [0.5, 0.6) is 0 Å². The normalized spacial score (nSPS) is 18.1. The highest BCUT2D eigenvalue weighted by Gasteiger charge is 2.30. The molecule has 2 aromatic carbocycles. The van der Waals surface area contributed by atoms with Gasteiger partial charge in [-0.15, -0.1) is 0 Å². The second-order valence-electron chi connectivity index (χ2n) is 10.5. The highest BCUT2D eigenvalue weighted by atomic mass is 19.1. The largest absolute Gasteiger partial charge is 0.369 e. The predicted molar refractivity (Wildman–Crippen MR) is 147 cm³/mol. The summed E-state index contributed by atoms with van der Waals surface area (Å²) < 4.78 is 32.6. The summed E-state index contributed by atoms with van der Waals surface area (Å²) in [6.07, 6.45) is 0. The molecule has 0 amide bonds. The molecule has 4 heterocycles. The average molecular weight is 532 g/mol. The molecular weight excluding hydrogens is 500 g/mol. The predicted octanol–water partition coefficient (Wildman–Crippen LogP) is 3.64. The Hall–Kier alpha value is -3.89. The van der Waals surface area contributed by atoms with Crippen molar-refractivity contribution < 1.29 is 8.78 Å². The Morgan fingerprint density at radius 3 is 2.59 bits per heavy atom. The van der Waals surface area contributed by atoms with Crippen LogP contribution in [0.1, 0.15) is 5.56 Å². The number of nitrogens with one attached hydrogen (secondary N) is 1. The van der Waals surface area contributed by atoms with E-state index in [1.54, 1.807) is 6.07 Å². The van der Waals surface area contributed by atoms with Crippen LogP contribution in [0, 0.1) is 24.5 Å². The number of benzene rings is 2. The second kappa shape index (κ2) is 10.3. The number of aryl methyl sites for hydroxylation is 1. The summed E-state index contributed by atoms with van der Waals surface area (Å²) in [4.78, 5) is 17.6. The molecule has 202 valence electrons. The summed E-state index contributed by atoms with van der Waals surface area (Å²) in [5, 5.41) is 13.0. The molecule has 1 saturated heterocycles. The first-order chi connectivity index (χ1) is 18.9. The molecule has 1 atom stereocenters. The van der Waals surface area contributed by atoms with E-state index in [-0.39, 0.29) is 16.8 Å². The molecule has 1 N–H and O–H groups in total. The number of hydrogen-bond donors (Lipinski definition) is 1. The van der Waals surface area contributed by atoms with Crippen molar-refractivity contribution in [3.63, 3.8) is 0 Å². The van der Waals surface area contributed by atoms with Crippen molar-refractivity contribution >= 4 is 5.82 Å². The maximum atomic E-state index is 15.1. The van der Waals surface area contributed by atoms with Crippen molar-refractivity contribution in [1.82, 2.24) is 29.4 Å². The van der Waals surface area contributed by atoms with Crippen molar-refractivity contribution in [2.45, 2.75) is 13.5 Å². The number of piperazine rings is 1. The van der Waals surface area contributed by atoms with E-state index in [1.165, 1.54) is 10.7 Å². The number of anilines is 1. The van der Waals surface area contributed by atoms with Crippen molar-refractivity contribution in [1.29, 1.82) is 0 Å². The summed E-state index contributed by atoms with van der Waals surface area (Å²) in [6.45, 7) is 8.32. The molecule has 0 radical (unpaired) electrons. The highest BCUT2D eigenvalue weighted by Crippen LogP contribution is 2.39. The van der Waals surface area contributed by atoms with E-state index in [0.29, 0.717) is 41.8 Å². The van der Waals surface area contributed by atoms with E-state index in [4.69, 9.17) is 10.2 Å². The summed E-state index contributed by atoms with van der Waals surface area (Å²) in [6, 6.07) is 13.9. The van der Waals surface area contributed by atoms with Gasteiger partial charge in [0.05, 0.1) is 16.9 Å². The quantitative estimate of drug-likeness (QED) is 0.424. The fourth-order valence-electron chi connectivity index (χ4n) is 5.47. The summed E-state index contributed by atoms with van der Waals surface area (Å²) in [7, 11) is 2.14. The van der Waals surface area contributed by atoms with Crippen LogP contribution in [0.2, 0.25) is 0 Å². The fourth-order valence-corrected chi connectivity index (χ4v) is 5.47. The van der Waals surface area contributed by atoms with Crippen LogP contribution in [0.25, 0.3) is 28.2 Å². The van der Waals surface area contributed by atoms with Gasteiger partial charge < -0.3 is 15.1 Å². The van der Waals surface area contributed by atoms with Gasteiger partial charge in [0.15, 0.2) is 0 Å². The van der Waals surface area contributed by atoms with Crippen LogP contribution < -0.4 is 10.9 Å². The number of rotatable bonds is 5. The molecule has 6 rings (SSSR count). The molecule has 10 heteroatoms. The van der Waals surface area contributed by atoms with Crippen LogP contribution in [-0.2, 0) is 6.54 Å². The Balaban J connectivity index is 1.43. The molecule has 2 aliphatic rings. The lowest BCUT2D eigenvalue weighted by Gasteiger charge is -2.36. The van der Waals surface area contributed by atoms with Gasteiger partial charge in [0, 0.05) is 63.4 Å². The van der Waals surface area contributed by atoms with Crippen LogP contribution in [0.3, 0.4) is 0 Å². The third-order valence-electron chi connectivity index (χ3n) is 7.64. The lowest BCUT2D eigenvalue weighted by molar-refractivity contribution is 0.131. The fraction of sp³-hybridized carbons (Fsp3) is 0.345. The monoisotopic (exact) mass is 531 g/mol. The van der Waals surface area contributed by atoms with Crippen molar-refractivity contribution in [3.05, 3.63) is 82.1 Å². The van der Waals surface area contributed by atoms with Gasteiger partial charge in [-0.25, -0.2) is 13.5 Å². The number of likely N-dealkylation sites (N-methyl/N-ethyl adjacent to an activating group) is 1. The van der Waals surface area contributed by atoms with E-state index in [2.05, 4.69) is 22.2 Å². The van der Waals surface area contributed by atoms with Crippen molar-refractivity contribution in [2.24, 2.45) is 5.92 Å². The zero-order valence-electron chi connectivity index (χ0n) is 22.1. The van der Waals surface area contributed by atoms with Gasteiger partial charge in [0.2, 0.25) is 0 Å². The topological polar surface area (TPSA) is 71.2 Å². The van der Waals surface area contributed by atoms with E-state index in [1.807, 2.05) is 35.9 Å². The number of fused-ring (bicyclic) bond motifs is 1. The molecule has 2 aliphatic heterocycles. The van der Waals surface area contributed by atoms with Crippen LogP contribution >= 0.6 is 0 Å². The number of hydrogen-bond acceptors (Lipinski definition) is 6. The summed E-state index contributed by atoms with van der Waals surface area (Å²) in [5.41, 5.74) is 2.60. The SMILES string of the molecule is Cc1ccccc1-n1nc(-c2c(-c3cc(F)ccc3F)nn3c2NCC(CN2CCN(C)CC2)C3)ccc1=O. The van der Waals surface area contributed by atoms with Gasteiger partial charge in [-0.3, -0.25) is 4.79 Å². The van der Waals surface area contributed by atoms with E-state index >= 15 is 4.39 Å². The van der Waals surface area contributed by atoms with Crippen LogP contribution in [-0.4, -0.2) is 75.7 Å². The van der Waals surface area contributed by atoms with E-state index in [0.717, 1.165) is 56.5 Å². The minimum Gasteiger partial charge on any atom is -0.369 e. The summed E-state index contributed by atoms with van der Waals surface area (Å²) in [5.74, 6) is -0.144. The zero-order valence-corrected chi connectivity index (χ0v) is 22.1. The number of nitrogens with zero attached hydrogens (tertiary/aromatic N) is 6. The van der Waals surface area contributed by atoms with E-state index < -0.39 is 11.6 Å². The molecular formula is C29H31F2N7O. The number of halogens is 2. The molecule has 4 aromatic rings. The molecule has 0 bridgehead atoms. The number of para-hydroxylation sites is 1. The van der Waals surface area contributed by atoms with Gasteiger partial charge in [0.25, 0.3) is 5.56 Å². The van der Waals surface area contributed by atoms with Crippen molar-refractivity contribution in [3.8, 4) is 28.2 Å². The summed E-state index contributed by atoms with van der Waals surface area (Å²) >= 11 is 0. The average Bonchev–Trinajstić information content (AvgIpc) is 3.31. The van der Waals surface area contributed by atoms with Gasteiger partial charge in [-0.05, 0) is 49.9 Å². The lowest BCUT2D eigenvalue weighted by atomic mass is 10.0. The first-order valence-corrected chi connectivity index (χ1v) is 13.2. The van der Waals surface area contributed by atoms with Gasteiger partial charge in [0.1, 0.15) is 23.1 Å². The van der Waals surface area contributed by atoms with Gasteiger partial charge >= 0.3 is 0 Å². The van der Waals surface area contributed by atoms with Crippen LogP contribution in [0.15, 0.2) is 59.4 Å². The maximum Gasteiger partial charge on any atom is 0.271 e. The molecule has 2 aromatic heterocycles. The Labute approximate surface area is 225 Å². The molecule has 1 unspecified atom stereocenters. The third kappa shape index (κ3) is 4.97. The maximum absolute atomic E-state index is 15.1. The first kappa shape index (κ1) is 25.4. The second-order valence-corrected chi connectivity index (χ2v) is 10.5. The van der Waals surface area contributed by atoms with Crippen LogP contribution in [0.4, 0.5) is 14.6 Å². The lowest BCUT2D eigenvalue weighted by Crippen LogP contribution is -2.47. The number of aromatic nitrogens is 4. The molecule has 8 nitrogen and oxygen atoms in total. The Morgan fingerprint density at radius 1 is 1.00 bits per heavy atom. The third-order valence-corrected chi connectivity index (χ3v) is 7.64. The minimum atomic E-state index is -0.575. The van der Waals surface area contributed by atoms with Gasteiger partial charge in [-0.1, -0.05) is 18.2 Å². The standard InChI is InChI=1S/C29H31F2N7O/c1-19-5-3-4-6-25(19)38-26(39)10-9-24(33-38)27-28(22-15-21(30)7-8-23(22)31)34-37-18-20(16-32-29(27)37)17-36-13-11-35(2)12-14-36/h3-10,15,20,32H,11-14,16-18H2,1-2H3. The highest BCUT2D eigenvalue weighted by molar-refractivity contribution is 5.87. The van der Waals surface area contributed by atoms with Gasteiger partial charge in [-0.2, -0.15) is 14.9 Å². The molecule has 39 heavy (non-hydrogen) atoms. The molecule has 1 fully saturated rings. The van der Waals surface area contributed by atoms with Crippen molar-refractivity contribution in [2.75, 3.05) is 51.6 Å². The first-order valence-electron chi connectivity index (χ1n) is 13.2. The van der Waals surface area contributed by atoms with E-state index in [9.17, 15) is 9.18 Å². The Morgan fingerprint density at radius 2 is 1.79 bits per heavy atom.